The van der Waals surface area contributed by atoms with Crippen LogP contribution in [0, 0.1) is 5.82 Å². The second-order valence-electron chi connectivity index (χ2n) is 4.98. The van der Waals surface area contributed by atoms with Gasteiger partial charge in [0, 0.05) is 17.1 Å². The molecule has 0 unspecified atom stereocenters. The fraction of sp³-hybridized carbons (Fsp3) is 0.235. The van der Waals surface area contributed by atoms with Gasteiger partial charge in [-0.1, -0.05) is 31.2 Å². The van der Waals surface area contributed by atoms with Gasteiger partial charge in [0.1, 0.15) is 5.82 Å². The van der Waals surface area contributed by atoms with Gasteiger partial charge in [-0.25, -0.2) is 12.8 Å². The second kappa shape index (κ2) is 8.30. The minimum Gasteiger partial charge on any atom is -0.325 e. The van der Waals surface area contributed by atoms with Crippen molar-refractivity contribution in [2.24, 2.45) is 0 Å². The van der Waals surface area contributed by atoms with Gasteiger partial charge in [-0.15, -0.1) is 11.8 Å². The van der Waals surface area contributed by atoms with Crippen LogP contribution < -0.4 is 5.32 Å². The molecule has 0 heterocycles. The van der Waals surface area contributed by atoms with E-state index in [1.807, 2.05) is 0 Å². The fourth-order valence-corrected chi connectivity index (χ4v) is 3.96. The predicted molar refractivity (Wildman–Crippen MR) is 94.5 cm³/mol. The Balaban J connectivity index is 1.97. The molecular formula is C17H18FNO3S2. The molecule has 0 aliphatic heterocycles. The molecule has 0 aliphatic rings. The van der Waals surface area contributed by atoms with Crippen molar-refractivity contribution in [3.05, 3.63) is 54.3 Å². The average molecular weight is 367 g/mol. The molecule has 0 fully saturated rings. The average Bonchev–Trinajstić information content (AvgIpc) is 2.57. The molecule has 0 atom stereocenters. The Labute approximate surface area is 145 Å². The smallest absolute Gasteiger partial charge is 0.225 e. The van der Waals surface area contributed by atoms with Crippen molar-refractivity contribution >= 4 is 33.2 Å². The van der Waals surface area contributed by atoms with E-state index >= 15 is 0 Å². The van der Waals surface area contributed by atoms with Gasteiger partial charge in [0.25, 0.3) is 0 Å². The summed E-state index contributed by atoms with van der Waals surface area (Å²) in [5.74, 6) is -0.266. The standard InChI is InChI=1S/C17H18FNO3S2/c1-2-24(21,22)16-10-6-4-8-14(16)19-17(20)11-12-23-15-9-5-3-7-13(15)18/h3-10H,2,11-12H2,1H3,(H,19,20). The minimum atomic E-state index is -3.41. The second-order valence-corrected chi connectivity index (χ2v) is 8.36. The van der Waals surface area contributed by atoms with Crippen LogP contribution in [-0.4, -0.2) is 25.8 Å². The van der Waals surface area contributed by atoms with Gasteiger partial charge >= 0.3 is 0 Å². The summed E-state index contributed by atoms with van der Waals surface area (Å²) < 4.78 is 37.6. The number of sulfone groups is 1. The number of carbonyl (C=O) groups excluding carboxylic acids is 1. The number of carbonyl (C=O) groups is 1. The molecule has 0 saturated carbocycles. The number of nitrogens with one attached hydrogen (secondary N) is 1. The molecule has 0 saturated heterocycles. The third kappa shape index (κ3) is 4.82. The van der Waals surface area contributed by atoms with Crippen molar-refractivity contribution in [1.29, 1.82) is 0 Å². The molecule has 24 heavy (non-hydrogen) atoms. The van der Waals surface area contributed by atoms with E-state index in [-0.39, 0.29) is 34.5 Å². The highest BCUT2D eigenvalue weighted by atomic mass is 32.2. The molecule has 0 aliphatic carbocycles. The van der Waals surface area contributed by atoms with Gasteiger partial charge in [0.2, 0.25) is 5.91 Å². The number of para-hydroxylation sites is 1. The third-order valence-corrected chi connectivity index (χ3v) is 6.14. The van der Waals surface area contributed by atoms with Crippen molar-refractivity contribution in [3.8, 4) is 0 Å². The number of benzene rings is 2. The Morgan fingerprint density at radius 1 is 1.12 bits per heavy atom. The van der Waals surface area contributed by atoms with Gasteiger partial charge in [0.05, 0.1) is 16.3 Å². The predicted octanol–water partition coefficient (Wildman–Crippen LogP) is 3.74. The van der Waals surface area contributed by atoms with Crippen LogP contribution in [0.2, 0.25) is 0 Å². The summed E-state index contributed by atoms with van der Waals surface area (Å²) in [5, 5.41) is 2.63. The summed E-state index contributed by atoms with van der Waals surface area (Å²) in [6.45, 7) is 1.55. The maximum atomic E-state index is 13.5. The first-order valence-corrected chi connectivity index (χ1v) is 10.1. The van der Waals surface area contributed by atoms with E-state index in [1.54, 1.807) is 43.3 Å². The number of hydrogen-bond acceptors (Lipinski definition) is 4. The maximum Gasteiger partial charge on any atom is 0.225 e. The van der Waals surface area contributed by atoms with Gasteiger partial charge in [-0.3, -0.25) is 4.79 Å². The Morgan fingerprint density at radius 3 is 2.50 bits per heavy atom. The van der Waals surface area contributed by atoms with Crippen LogP contribution in [0.15, 0.2) is 58.3 Å². The molecule has 2 aromatic rings. The lowest BCUT2D eigenvalue weighted by atomic mass is 10.3. The number of thioether (sulfide) groups is 1. The van der Waals surface area contributed by atoms with Gasteiger partial charge in [0.15, 0.2) is 9.84 Å². The molecule has 0 bridgehead atoms. The minimum absolute atomic E-state index is 0.0387. The van der Waals surface area contributed by atoms with Crippen molar-refractivity contribution in [2.75, 3.05) is 16.8 Å². The first-order chi connectivity index (χ1) is 11.4. The van der Waals surface area contributed by atoms with Crippen LogP contribution in [0.3, 0.4) is 0 Å². The van der Waals surface area contributed by atoms with E-state index in [0.717, 1.165) is 0 Å². The monoisotopic (exact) mass is 367 g/mol. The lowest BCUT2D eigenvalue weighted by Gasteiger charge is -2.10. The summed E-state index contributed by atoms with van der Waals surface area (Å²) in [4.78, 5) is 12.6. The number of rotatable bonds is 7. The molecule has 1 amide bonds. The van der Waals surface area contributed by atoms with Crippen LogP contribution in [0.5, 0.6) is 0 Å². The van der Waals surface area contributed by atoms with E-state index in [4.69, 9.17) is 0 Å². The molecule has 0 aromatic heterocycles. The van der Waals surface area contributed by atoms with Crippen LogP contribution in [0.25, 0.3) is 0 Å². The van der Waals surface area contributed by atoms with E-state index in [9.17, 15) is 17.6 Å². The number of hydrogen-bond donors (Lipinski definition) is 1. The molecule has 4 nitrogen and oxygen atoms in total. The van der Waals surface area contributed by atoms with Crippen molar-refractivity contribution in [2.45, 2.75) is 23.1 Å². The zero-order valence-corrected chi connectivity index (χ0v) is 14.8. The molecule has 1 N–H and O–H groups in total. The molecule has 0 spiro atoms. The van der Waals surface area contributed by atoms with E-state index in [1.165, 1.54) is 23.9 Å². The fourth-order valence-electron chi connectivity index (χ4n) is 2.02. The van der Waals surface area contributed by atoms with E-state index in [0.29, 0.717) is 10.6 Å². The SMILES string of the molecule is CCS(=O)(=O)c1ccccc1NC(=O)CCSc1ccccc1F. The Hall–Kier alpha value is -1.86. The first kappa shape index (κ1) is 18.5. The zero-order valence-electron chi connectivity index (χ0n) is 13.2. The molecule has 7 heteroatoms. The summed E-state index contributed by atoms with van der Waals surface area (Å²) in [6.07, 6.45) is 0.152. The van der Waals surface area contributed by atoms with Gasteiger partial charge in [-0.05, 0) is 24.3 Å². The lowest BCUT2D eigenvalue weighted by molar-refractivity contribution is -0.115. The summed E-state index contributed by atoms with van der Waals surface area (Å²) in [5.41, 5.74) is 0.278. The Bertz CT molecular complexity index is 822. The van der Waals surface area contributed by atoms with Gasteiger partial charge in [-0.2, -0.15) is 0 Å². The number of anilines is 1. The first-order valence-electron chi connectivity index (χ1n) is 7.43. The van der Waals surface area contributed by atoms with E-state index in [2.05, 4.69) is 5.32 Å². The van der Waals surface area contributed by atoms with Crippen molar-refractivity contribution < 1.29 is 17.6 Å². The molecular weight excluding hydrogens is 349 g/mol. The number of amides is 1. The largest absolute Gasteiger partial charge is 0.325 e. The molecule has 0 radical (unpaired) electrons. The van der Waals surface area contributed by atoms with Crippen LogP contribution in [-0.2, 0) is 14.6 Å². The topological polar surface area (TPSA) is 63.2 Å². The molecule has 2 aromatic carbocycles. The van der Waals surface area contributed by atoms with Crippen molar-refractivity contribution in [1.82, 2.24) is 0 Å². The summed E-state index contributed by atoms with van der Waals surface area (Å²) in [6, 6.07) is 12.7. The highest BCUT2D eigenvalue weighted by Gasteiger charge is 2.17. The van der Waals surface area contributed by atoms with Crippen molar-refractivity contribution in [3.63, 3.8) is 0 Å². The van der Waals surface area contributed by atoms with Gasteiger partial charge < -0.3 is 5.32 Å². The van der Waals surface area contributed by atoms with E-state index < -0.39 is 9.84 Å². The van der Waals surface area contributed by atoms with Crippen LogP contribution >= 0.6 is 11.8 Å². The van der Waals surface area contributed by atoms with Crippen LogP contribution in [0.1, 0.15) is 13.3 Å². The zero-order chi connectivity index (χ0) is 17.6. The highest BCUT2D eigenvalue weighted by molar-refractivity contribution is 7.99. The lowest BCUT2D eigenvalue weighted by Crippen LogP contribution is -2.15. The molecule has 2 rings (SSSR count). The quantitative estimate of drug-likeness (QED) is 0.757. The maximum absolute atomic E-state index is 13.5. The highest BCUT2D eigenvalue weighted by Crippen LogP contribution is 2.24. The van der Waals surface area contributed by atoms with Crippen LogP contribution in [0.4, 0.5) is 10.1 Å². The molecule has 128 valence electrons. The Kier molecular flexibility index (Phi) is 6.39. The summed E-state index contributed by atoms with van der Waals surface area (Å²) in [7, 11) is -3.41. The third-order valence-electron chi connectivity index (χ3n) is 3.30. The number of halogens is 1. The normalized spacial score (nSPS) is 11.2. The summed E-state index contributed by atoms with van der Waals surface area (Å²) >= 11 is 1.25. The Morgan fingerprint density at radius 2 is 1.79 bits per heavy atom.